The molecule has 0 saturated carbocycles. The molecule has 0 spiro atoms. The van der Waals surface area contributed by atoms with Crippen molar-refractivity contribution in [1.82, 2.24) is 20.8 Å². The second-order valence-electron chi connectivity index (χ2n) is 4.35. The van der Waals surface area contributed by atoms with Crippen LogP contribution in [0.2, 0.25) is 0 Å². The van der Waals surface area contributed by atoms with Crippen molar-refractivity contribution in [3.63, 3.8) is 0 Å². The van der Waals surface area contributed by atoms with Gasteiger partial charge in [0.2, 0.25) is 5.91 Å². The molecule has 0 fully saturated rings. The predicted molar refractivity (Wildman–Crippen MR) is 80.4 cm³/mol. The topological polar surface area (TPSA) is 66.9 Å². The molecule has 0 aliphatic carbocycles. The van der Waals surface area contributed by atoms with E-state index >= 15 is 0 Å². The van der Waals surface area contributed by atoms with Crippen LogP contribution in [0.4, 0.5) is 0 Å². The van der Waals surface area contributed by atoms with Gasteiger partial charge in [-0.15, -0.1) is 10.2 Å². The lowest BCUT2D eigenvalue weighted by Gasteiger charge is -2.02. The zero-order chi connectivity index (χ0) is 14.2. The van der Waals surface area contributed by atoms with Gasteiger partial charge < -0.3 is 10.6 Å². The molecule has 0 saturated heterocycles. The average Bonchev–Trinajstić information content (AvgIpc) is 2.95. The summed E-state index contributed by atoms with van der Waals surface area (Å²) in [6.45, 7) is 1.30. The van der Waals surface area contributed by atoms with Gasteiger partial charge in [-0.2, -0.15) is 0 Å². The standard InChI is InChI=1S/C14H18N4OS/c1-15-9-5-8-12(19)16-10-13-17-18-14(20-13)11-6-3-2-4-7-11/h2-4,6-7,15H,5,8-10H2,1H3,(H,16,19). The summed E-state index contributed by atoms with van der Waals surface area (Å²) in [6.07, 6.45) is 1.37. The van der Waals surface area contributed by atoms with Crippen molar-refractivity contribution in [1.29, 1.82) is 0 Å². The van der Waals surface area contributed by atoms with Gasteiger partial charge in [0.1, 0.15) is 10.0 Å². The van der Waals surface area contributed by atoms with Crippen LogP contribution in [-0.2, 0) is 11.3 Å². The predicted octanol–water partition coefficient (Wildman–Crippen LogP) is 1.82. The van der Waals surface area contributed by atoms with Gasteiger partial charge in [0.25, 0.3) is 0 Å². The molecule has 6 heteroatoms. The van der Waals surface area contributed by atoms with Crippen LogP contribution in [0.3, 0.4) is 0 Å². The third kappa shape index (κ3) is 4.40. The highest BCUT2D eigenvalue weighted by atomic mass is 32.1. The number of nitrogens with one attached hydrogen (secondary N) is 2. The largest absolute Gasteiger partial charge is 0.350 e. The van der Waals surface area contributed by atoms with Gasteiger partial charge in [0, 0.05) is 12.0 Å². The van der Waals surface area contributed by atoms with Crippen molar-refractivity contribution in [2.45, 2.75) is 19.4 Å². The molecule has 0 aliphatic heterocycles. The van der Waals surface area contributed by atoms with Crippen LogP contribution in [-0.4, -0.2) is 29.7 Å². The van der Waals surface area contributed by atoms with E-state index in [0.29, 0.717) is 13.0 Å². The molecule has 0 radical (unpaired) electrons. The van der Waals surface area contributed by atoms with E-state index in [9.17, 15) is 4.79 Å². The van der Waals surface area contributed by atoms with Crippen LogP contribution < -0.4 is 10.6 Å². The maximum Gasteiger partial charge on any atom is 0.220 e. The second kappa shape index (κ2) is 7.72. The zero-order valence-electron chi connectivity index (χ0n) is 11.4. The molecule has 0 atom stereocenters. The minimum Gasteiger partial charge on any atom is -0.350 e. The fourth-order valence-corrected chi connectivity index (χ4v) is 2.50. The van der Waals surface area contributed by atoms with Crippen molar-refractivity contribution in [2.24, 2.45) is 0 Å². The zero-order valence-corrected chi connectivity index (χ0v) is 12.2. The van der Waals surface area contributed by atoms with Gasteiger partial charge in [-0.05, 0) is 20.0 Å². The Morgan fingerprint density at radius 2 is 2.05 bits per heavy atom. The minimum atomic E-state index is 0.0525. The maximum atomic E-state index is 11.6. The first-order valence-electron chi connectivity index (χ1n) is 6.58. The quantitative estimate of drug-likeness (QED) is 0.763. The number of carbonyl (C=O) groups is 1. The summed E-state index contributed by atoms with van der Waals surface area (Å²) in [5.74, 6) is 0.0525. The summed E-state index contributed by atoms with van der Waals surface area (Å²) in [6, 6.07) is 9.91. The summed E-state index contributed by atoms with van der Waals surface area (Å²) < 4.78 is 0. The van der Waals surface area contributed by atoms with Gasteiger partial charge in [-0.25, -0.2) is 0 Å². The second-order valence-corrected chi connectivity index (χ2v) is 5.41. The number of aromatic nitrogens is 2. The van der Waals surface area contributed by atoms with E-state index < -0.39 is 0 Å². The van der Waals surface area contributed by atoms with Gasteiger partial charge in [0.05, 0.1) is 6.54 Å². The highest BCUT2D eigenvalue weighted by Gasteiger charge is 2.07. The number of carbonyl (C=O) groups excluding carboxylic acids is 1. The maximum absolute atomic E-state index is 11.6. The van der Waals surface area contributed by atoms with E-state index in [4.69, 9.17) is 0 Å². The van der Waals surface area contributed by atoms with E-state index in [1.807, 2.05) is 37.4 Å². The summed E-state index contributed by atoms with van der Waals surface area (Å²) in [4.78, 5) is 11.6. The first kappa shape index (κ1) is 14.6. The van der Waals surface area contributed by atoms with Crippen molar-refractivity contribution in [3.8, 4) is 10.6 Å². The SMILES string of the molecule is CNCCCC(=O)NCc1nnc(-c2ccccc2)s1. The summed E-state index contributed by atoms with van der Waals surface area (Å²) >= 11 is 1.51. The monoisotopic (exact) mass is 290 g/mol. The summed E-state index contributed by atoms with van der Waals surface area (Å²) in [7, 11) is 1.88. The lowest BCUT2D eigenvalue weighted by atomic mass is 10.2. The van der Waals surface area contributed by atoms with Crippen LogP contribution in [0, 0.1) is 0 Å². The molecule has 106 valence electrons. The number of hydrogen-bond acceptors (Lipinski definition) is 5. The Balaban J connectivity index is 1.83. The van der Waals surface area contributed by atoms with Crippen molar-refractivity contribution in [3.05, 3.63) is 35.3 Å². The van der Waals surface area contributed by atoms with Crippen molar-refractivity contribution >= 4 is 17.2 Å². The molecule has 1 aromatic heterocycles. The van der Waals surface area contributed by atoms with E-state index in [0.717, 1.165) is 28.5 Å². The molecule has 0 aliphatic rings. The van der Waals surface area contributed by atoms with Gasteiger partial charge >= 0.3 is 0 Å². The Bertz CT molecular complexity index is 541. The van der Waals surface area contributed by atoms with Crippen LogP contribution in [0.25, 0.3) is 10.6 Å². The Hall–Kier alpha value is -1.79. The lowest BCUT2D eigenvalue weighted by molar-refractivity contribution is -0.121. The Kier molecular flexibility index (Phi) is 5.64. The highest BCUT2D eigenvalue weighted by molar-refractivity contribution is 7.14. The number of nitrogens with zero attached hydrogens (tertiary/aromatic N) is 2. The average molecular weight is 290 g/mol. The van der Waals surface area contributed by atoms with E-state index in [1.54, 1.807) is 0 Å². The van der Waals surface area contributed by atoms with Crippen LogP contribution in [0.5, 0.6) is 0 Å². The fourth-order valence-electron chi connectivity index (χ4n) is 1.71. The first-order valence-corrected chi connectivity index (χ1v) is 7.40. The molecule has 5 nitrogen and oxygen atoms in total. The first-order chi connectivity index (χ1) is 9.79. The van der Waals surface area contributed by atoms with Crippen LogP contribution in [0.15, 0.2) is 30.3 Å². The van der Waals surface area contributed by atoms with E-state index in [-0.39, 0.29) is 5.91 Å². The lowest BCUT2D eigenvalue weighted by Crippen LogP contribution is -2.23. The van der Waals surface area contributed by atoms with Crippen LogP contribution >= 0.6 is 11.3 Å². The van der Waals surface area contributed by atoms with E-state index in [2.05, 4.69) is 20.8 Å². The Morgan fingerprint density at radius 1 is 1.25 bits per heavy atom. The van der Waals surface area contributed by atoms with Crippen molar-refractivity contribution < 1.29 is 4.79 Å². The molecule has 2 aromatic rings. The summed E-state index contributed by atoms with van der Waals surface area (Å²) in [5, 5.41) is 15.8. The molecule has 20 heavy (non-hydrogen) atoms. The number of rotatable bonds is 7. The number of amides is 1. The molecular formula is C14H18N4OS. The van der Waals surface area contributed by atoms with Crippen molar-refractivity contribution in [2.75, 3.05) is 13.6 Å². The molecule has 0 unspecified atom stereocenters. The number of benzene rings is 1. The smallest absolute Gasteiger partial charge is 0.220 e. The van der Waals surface area contributed by atoms with E-state index in [1.165, 1.54) is 11.3 Å². The third-order valence-corrected chi connectivity index (χ3v) is 3.73. The molecule has 2 rings (SSSR count). The minimum absolute atomic E-state index is 0.0525. The van der Waals surface area contributed by atoms with Gasteiger partial charge in [0.15, 0.2) is 0 Å². The molecule has 1 heterocycles. The Labute approximate surface area is 122 Å². The van der Waals surface area contributed by atoms with Gasteiger partial charge in [-0.3, -0.25) is 4.79 Å². The normalized spacial score (nSPS) is 10.4. The Morgan fingerprint density at radius 3 is 2.80 bits per heavy atom. The molecular weight excluding hydrogens is 272 g/mol. The fraction of sp³-hybridized carbons (Fsp3) is 0.357. The van der Waals surface area contributed by atoms with Crippen LogP contribution in [0.1, 0.15) is 17.8 Å². The molecule has 1 amide bonds. The molecule has 2 N–H and O–H groups in total. The number of hydrogen-bond donors (Lipinski definition) is 2. The van der Waals surface area contributed by atoms with Gasteiger partial charge in [-0.1, -0.05) is 41.7 Å². The highest BCUT2D eigenvalue weighted by Crippen LogP contribution is 2.22. The molecule has 0 bridgehead atoms. The third-order valence-electron chi connectivity index (χ3n) is 2.75. The summed E-state index contributed by atoms with van der Waals surface area (Å²) in [5.41, 5.74) is 1.05. The molecule has 1 aromatic carbocycles.